The zero-order valence-corrected chi connectivity index (χ0v) is 11.7. The number of hydrogen-bond acceptors (Lipinski definition) is 2. The molecule has 0 unspecified atom stereocenters. The normalized spacial score (nSPS) is 15.7. The highest BCUT2D eigenvalue weighted by atomic mass is 35.5. The predicted molar refractivity (Wildman–Crippen MR) is 78.9 cm³/mol. The maximum absolute atomic E-state index is 6.28. The van der Waals surface area contributed by atoms with Crippen LogP contribution in [0.4, 0.5) is 5.82 Å². The van der Waals surface area contributed by atoms with Crippen molar-refractivity contribution in [1.29, 1.82) is 0 Å². The second kappa shape index (κ2) is 5.66. The number of aromatic amines is 1. The Hall–Kier alpha value is -1.48. The van der Waals surface area contributed by atoms with Crippen molar-refractivity contribution in [2.75, 3.05) is 18.0 Å². The highest BCUT2D eigenvalue weighted by molar-refractivity contribution is 6.31. The zero-order valence-electron chi connectivity index (χ0n) is 10.9. The van der Waals surface area contributed by atoms with E-state index in [0.29, 0.717) is 5.15 Å². The quantitative estimate of drug-likeness (QED) is 0.927. The lowest BCUT2D eigenvalue weighted by Crippen LogP contribution is -2.29. The number of rotatable bonds is 3. The summed E-state index contributed by atoms with van der Waals surface area (Å²) in [7, 11) is 0. The summed E-state index contributed by atoms with van der Waals surface area (Å²) in [6.45, 7) is 2.13. The van der Waals surface area contributed by atoms with Crippen LogP contribution in [0.15, 0.2) is 30.3 Å². The number of nitrogens with zero attached hydrogens (tertiary/aromatic N) is 2. The molecule has 1 N–H and O–H groups in total. The van der Waals surface area contributed by atoms with E-state index in [0.717, 1.165) is 31.2 Å². The molecular formula is C15H18ClN3. The molecule has 0 radical (unpaired) electrons. The third-order valence-electron chi connectivity index (χ3n) is 3.56. The van der Waals surface area contributed by atoms with E-state index in [1.165, 1.54) is 24.8 Å². The van der Waals surface area contributed by atoms with Crippen molar-refractivity contribution in [1.82, 2.24) is 9.97 Å². The van der Waals surface area contributed by atoms with E-state index in [2.05, 4.69) is 27.0 Å². The van der Waals surface area contributed by atoms with Crippen LogP contribution in [0.25, 0.3) is 0 Å². The summed E-state index contributed by atoms with van der Waals surface area (Å²) in [5, 5.41) is 0.674. The highest BCUT2D eigenvalue weighted by Gasteiger charge is 2.18. The van der Waals surface area contributed by atoms with Crippen molar-refractivity contribution in [2.24, 2.45) is 0 Å². The summed E-state index contributed by atoms with van der Waals surface area (Å²) in [5.41, 5.74) is 1.25. The molecule has 1 aromatic carbocycles. The Morgan fingerprint density at radius 2 is 1.84 bits per heavy atom. The Bertz CT molecular complexity index is 530. The zero-order chi connectivity index (χ0) is 13.1. The van der Waals surface area contributed by atoms with Crippen LogP contribution in [0.3, 0.4) is 0 Å². The number of anilines is 1. The van der Waals surface area contributed by atoms with E-state index in [9.17, 15) is 0 Å². The van der Waals surface area contributed by atoms with Gasteiger partial charge in [-0.15, -0.1) is 0 Å². The highest BCUT2D eigenvalue weighted by Crippen LogP contribution is 2.26. The van der Waals surface area contributed by atoms with Gasteiger partial charge < -0.3 is 9.88 Å². The van der Waals surface area contributed by atoms with Gasteiger partial charge in [-0.05, 0) is 24.8 Å². The Morgan fingerprint density at radius 3 is 2.58 bits per heavy atom. The minimum Gasteiger partial charge on any atom is -0.354 e. The van der Waals surface area contributed by atoms with Crippen molar-refractivity contribution in [3.8, 4) is 0 Å². The second-order valence-corrected chi connectivity index (χ2v) is 5.41. The Labute approximate surface area is 118 Å². The van der Waals surface area contributed by atoms with Gasteiger partial charge in [-0.25, -0.2) is 4.98 Å². The van der Waals surface area contributed by atoms with E-state index >= 15 is 0 Å². The Balaban J connectivity index is 1.77. The largest absolute Gasteiger partial charge is 0.354 e. The number of H-pyrrole nitrogens is 1. The van der Waals surface area contributed by atoms with E-state index < -0.39 is 0 Å². The molecule has 1 aromatic heterocycles. The molecule has 1 fully saturated rings. The monoisotopic (exact) mass is 275 g/mol. The lowest BCUT2D eigenvalue weighted by molar-refractivity contribution is 0.574. The summed E-state index contributed by atoms with van der Waals surface area (Å²) in [5.74, 6) is 1.86. The third kappa shape index (κ3) is 2.92. The van der Waals surface area contributed by atoms with Gasteiger partial charge in [-0.3, -0.25) is 0 Å². The smallest absolute Gasteiger partial charge is 0.166 e. The first-order chi connectivity index (χ1) is 9.33. The first-order valence-electron chi connectivity index (χ1n) is 6.86. The maximum atomic E-state index is 6.28. The Kier molecular flexibility index (Phi) is 3.74. The van der Waals surface area contributed by atoms with E-state index in [1.807, 2.05) is 18.2 Å². The summed E-state index contributed by atoms with van der Waals surface area (Å²) in [6.07, 6.45) is 4.58. The molecule has 0 atom stereocenters. The average Bonchev–Trinajstić information content (AvgIpc) is 2.82. The topological polar surface area (TPSA) is 31.9 Å². The van der Waals surface area contributed by atoms with Crippen molar-refractivity contribution >= 4 is 17.4 Å². The molecule has 0 saturated carbocycles. The first-order valence-corrected chi connectivity index (χ1v) is 7.24. The molecule has 100 valence electrons. The van der Waals surface area contributed by atoms with E-state index in [1.54, 1.807) is 0 Å². The van der Waals surface area contributed by atoms with Gasteiger partial charge in [0, 0.05) is 19.5 Å². The van der Waals surface area contributed by atoms with Gasteiger partial charge in [0.25, 0.3) is 0 Å². The lowest BCUT2D eigenvalue weighted by atomic mass is 10.1. The molecule has 2 aromatic rings. The van der Waals surface area contributed by atoms with Crippen LogP contribution in [0.5, 0.6) is 0 Å². The fourth-order valence-corrected chi connectivity index (χ4v) is 2.85. The van der Waals surface area contributed by atoms with Gasteiger partial charge in [0.1, 0.15) is 5.82 Å². The average molecular weight is 276 g/mol. The van der Waals surface area contributed by atoms with Crippen molar-refractivity contribution in [3.63, 3.8) is 0 Å². The third-order valence-corrected chi connectivity index (χ3v) is 3.82. The number of nitrogens with one attached hydrogen (secondary N) is 1. The molecule has 3 rings (SSSR count). The van der Waals surface area contributed by atoms with Crippen LogP contribution >= 0.6 is 11.6 Å². The van der Waals surface area contributed by atoms with Crippen molar-refractivity contribution in [2.45, 2.75) is 25.7 Å². The van der Waals surface area contributed by atoms with Crippen LogP contribution in [0.2, 0.25) is 5.15 Å². The molecule has 3 nitrogen and oxygen atoms in total. The minimum atomic E-state index is 0.674. The summed E-state index contributed by atoms with van der Waals surface area (Å²) < 4.78 is 0. The van der Waals surface area contributed by atoms with Crippen LogP contribution in [-0.4, -0.2) is 23.1 Å². The molecule has 1 aliphatic heterocycles. The summed E-state index contributed by atoms with van der Waals surface area (Å²) >= 11 is 6.28. The molecule has 0 spiro atoms. The molecule has 2 heterocycles. The van der Waals surface area contributed by atoms with Gasteiger partial charge in [0.2, 0.25) is 0 Å². The molecular weight excluding hydrogens is 258 g/mol. The van der Waals surface area contributed by atoms with Crippen LogP contribution < -0.4 is 4.90 Å². The maximum Gasteiger partial charge on any atom is 0.166 e. The molecule has 0 bridgehead atoms. The minimum absolute atomic E-state index is 0.674. The first kappa shape index (κ1) is 12.5. The van der Waals surface area contributed by atoms with Gasteiger partial charge in [0.05, 0.1) is 0 Å². The van der Waals surface area contributed by atoms with Crippen LogP contribution in [0, 0.1) is 0 Å². The van der Waals surface area contributed by atoms with Gasteiger partial charge in [0.15, 0.2) is 11.0 Å². The van der Waals surface area contributed by atoms with Crippen LogP contribution in [0.1, 0.15) is 30.7 Å². The molecule has 19 heavy (non-hydrogen) atoms. The predicted octanol–water partition coefficient (Wildman–Crippen LogP) is 3.64. The number of halogens is 1. The van der Waals surface area contributed by atoms with Crippen LogP contribution in [-0.2, 0) is 6.42 Å². The van der Waals surface area contributed by atoms with Gasteiger partial charge in [-0.1, -0.05) is 41.9 Å². The number of benzene rings is 1. The summed E-state index contributed by atoms with van der Waals surface area (Å²) in [6, 6.07) is 10.3. The number of imidazole rings is 1. The standard InChI is InChI=1S/C15H18ClN3/c16-14-15(19-9-5-2-6-10-19)18-13(17-14)11-12-7-3-1-4-8-12/h1,3-4,7-8H,2,5-6,9-11H2,(H,17,18). The molecule has 0 aliphatic carbocycles. The van der Waals surface area contributed by atoms with E-state index in [-0.39, 0.29) is 0 Å². The summed E-state index contributed by atoms with van der Waals surface area (Å²) in [4.78, 5) is 10.2. The molecule has 1 saturated heterocycles. The Morgan fingerprint density at radius 1 is 1.11 bits per heavy atom. The SMILES string of the molecule is Clc1[nH]c(Cc2ccccc2)nc1N1CCCCC1. The van der Waals surface area contributed by atoms with Gasteiger partial charge in [-0.2, -0.15) is 0 Å². The fraction of sp³-hybridized carbons (Fsp3) is 0.400. The number of hydrogen-bond donors (Lipinski definition) is 1. The fourth-order valence-electron chi connectivity index (χ4n) is 2.58. The molecule has 0 amide bonds. The van der Waals surface area contributed by atoms with Crippen molar-refractivity contribution < 1.29 is 0 Å². The van der Waals surface area contributed by atoms with Gasteiger partial charge >= 0.3 is 0 Å². The van der Waals surface area contributed by atoms with E-state index in [4.69, 9.17) is 11.6 Å². The second-order valence-electron chi connectivity index (χ2n) is 5.03. The number of aromatic nitrogens is 2. The van der Waals surface area contributed by atoms with Crippen molar-refractivity contribution in [3.05, 3.63) is 46.9 Å². The molecule has 1 aliphatic rings. The lowest BCUT2D eigenvalue weighted by Gasteiger charge is -2.26. The molecule has 4 heteroatoms. The number of piperidine rings is 1.